The van der Waals surface area contributed by atoms with Gasteiger partial charge in [-0.25, -0.2) is 0 Å². The summed E-state index contributed by atoms with van der Waals surface area (Å²) >= 11 is 0. The van der Waals surface area contributed by atoms with Crippen LogP contribution in [0.5, 0.6) is 0 Å². The van der Waals surface area contributed by atoms with Gasteiger partial charge >= 0.3 is 0 Å². The highest BCUT2D eigenvalue weighted by molar-refractivity contribution is 6.04. The lowest BCUT2D eigenvalue weighted by molar-refractivity contribution is -0.121. The third kappa shape index (κ3) is 5.47. The number of nitrogens with one attached hydrogen (secondary N) is 3. The first kappa shape index (κ1) is 22.3. The van der Waals surface area contributed by atoms with Crippen LogP contribution < -0.4 is 16.0 Å². The fourth-order valence-corrected chi connectivity index (χ4v) is 4.05. The van der Waals surface area contributed by atoms with Crippen molar-refractivity contribution in [3.8, 4) is 0 Å². The van der Waals surface area contributed by atoms with Gasteiger partial charge in [-0.2, -0.15) is 0 Å². The summed E-state index contributed by atoms with van der Waals surface area (Å²) in [5, 5.41) is 8.74. The smallest absolute Gasteiger partial charge is 0.253 e. The average molecular weight is 442 g/mol. The second-order valence-electron chi connectivity index (χ2n) is 8.29. The number of benzene rings is 3. The quantitative estimate of drug-likeness (QED) is 0.496. The number of rotatable bonds is 7. The molecule has 0 aromatic heterocycles. The van der Waals surface area contributed by atoms with Crippen LogP contribution in [0.2, 0.25) is 0 Å². The SMILES string of the molecule is C[C@H](NC(=O)c1ccccc1NC(=O)CC[C@H]1Cc2ccccc2NC1=O)c1ccccc1. The molecule has 3 aromatic rings. The Morgan fingerprint density at radius 3 is 2.48 bits per heavy atom. The summed E-state index contributed by atoms with van der Waals surface area (Å²) in [5.74, 6) is -0.796. The normalized spacial score (nSPS) is 15.7. The summed E-state index contributed by atoms with van der Waals surface area (Å²) in [7, 11) is 0. The maximum Gasteiger partial charge on any atom is 0.253 e. The maximum absolute atomic E-state index is 12.9. The molecule has 0 saturated heterocycles. The second kappa shape index (κ2) is 10.1. The number of fused-ring (bicyclic) bond motifs is 1. The lowest BCUT2D eigenvalue weighted by atomic mass is 9.89. The van der Waals surface area contributed by atoms with E-state index in [-0.39, 0.29) is 36.1 Å². The van der Waals surface area contributed by atoms with Crippen molar-refractivity contribution in [2.45, 2.75) is 32.2 Å². The van der Waals surface area contributed by atoms with E-state index in [1.54, 1.807) is 24.3 Å². The number of amides is 3. The van der Waals surface area contributed by atoms with E-state index in [0.717, 1.165) is 16.8 Å². The van der Waals surface area contributed by atoms with Crippen LogP contribution >= 0.6 is 0 Å². The Morgan fingerprint density at radius 1 is 0.970 bits per heavy atom. The average Bonchev–Trinajstić information content (AvgIpc) is 2.83. The highest BCUT2D eigenvalue weighted by Crippen LogP contribution is 2.28. The van der Waals surface area contributed by atoms with Crippen LogP contribution in [0.3, 0.4) is 0 Å². The molecule has 0 bridgehead atoms. The molecule has 0 spiro atoms. The summed E-state index contributed by atoms with van der Waals surface area (Å²) in [6, 6.07) is 24.2. The number of carbonyl (C=O) groups is 3. The van der Waals surface area contributed by atoms with Crippen molar-refractivity contribution in [3.05, 3.63) is 95.6 Å². The summed E-state index contributed by atoms with van der Waals surface area (Å²) in [4.78, 5) is 37.9. The summed E-state index contributed by atoms with van der Waals surface area (Å²) < 4.78 is 0. The Balaban J connectivity index is 1.36. The van der Waals surface area contributed by atoms with Crippen molar-refractivity contribution in [3.63, 3.8) is 0 Å². The second-order valence-corrected chi connectivity index (χ2v) is 8.29. The van der Waals surface area contributed by atoms with E-state index < -0.39 is 0 Å². The first-order valence-corrected chi connectivity index (χ1v) is 11.1. The number of carbonyl (C=O) groups excluding carboxylic acids is 3. The molecule has 0 aliphatic carbocycles. The van der Waals surface area contributed by atoms with Crippen LogP contribution in [0, 0.1) is 5.92 Å². The van der Waals surface area contributed by atoms with Gasteiger partial charge in [0.15, 0.2) is 0 Å². The Kier molecular flexibility index (Phi) is 6.83. The molecular formula is C27H27N3O3. The van der Waals surface area contributed by atoms with Crippen molar-refractivity contribution in [2.75, 3.05) is 10.6 Å². The number of hydrogen-bond donors (Lipinski definition) is 3. The molecule has 0 fully saturated rings. The lowest BCUT2D eigenvalue weighted by Gasteiger charge is -2.24. The maximum atomic E-state index is 12.9. The van der Waals surface area contributed by atoms with E-state index >= 15 is 0 Å². The Bertz CT molecular complexity index is 1160. The minimum absolute atomic E-state index is 0.0591. The van der Waals surface area contributed by atoms with E-state index in [1.807, 2.05) is 61.5 Å². The van der Waals surface area contributed by atoms with Gasteiger partial charge in [-0.1, -0.05) is 60.7 Å². The van der Waals surface area contributed by atoms with Gasteiger partial charge < -0.3 is 16.0 Å². The molecule has 1 heterocycles. The van der Waals surface area contributed by atoms with E-state index in [2.05, 4.69) is 16.0 Å². The largest absolute Gasteiger partial charge is 0.345 e. The van der Waals surface area contributed by atoms with Gasteiger partial charge in [-0.15, -0.1) is 0 Å². The molecule has 168 valence electrons. The fourth-order valence-electron chi connectivity index (χ4n) is 4.05. The van der Waals surface area contributed by atoms with E-state index in [0.29, 0.717) is 24.1 Å². The van der Waals surface area contributed by atoms with Crippen molar-refractivity contribution >= 4 is 29.1 Å². The monoisotopic (exact) mass is 441 g/mol. The topological polar surface area (TPSA) is 87.3 Å². The van der Waals surface area contributed by atoms with Gasteiger partial charge in [0.1, 0.15) is 0 Å². The molecule has 3 aromatic carbocycles. The van der Waals surface area contributed by atoms with E-state index in [4.69, 9.17) is 0 Å². The zero-order valence-electron chi connectivity index (χ0n) is 18.5. The Hall–Kier alpha value is -3.93. The van der Waals surface area contributed by atoms with Gasteiger partial charge in [0.25, 0.3) is 5.91 Å². The minimum Gasteiger partial charge on any atom is -0.345 e. The molecule has 3 N–H and O–H groups in total. The van der Waals surface area contributed by atoms with Gasteiger partial charge in [0.05, 0.1) is 17.3 Å². The van der Waals surface area contributed by atoms with Crippen molar-refractivity contribution < 1.29 is 14.4 Å². The summed E-state index contributed by atoms with van der Waals surface area (Å²) in [5.41, 5.74) is 3.78. The zero-order valence-corrected chi connectivity index (χ0v) is 18.5. The van der Waals surface area contributed by atoms with Crippen LogP contribution in [0.25, 0.3) is 0 Å². The summed E-state index contributed by atoms with van der Waals surface area (Å²) in [6.45, 7) is 1.92. The van der Waals surface area contributed by atoms with E-state index in [9.17, 15) is 14.4 Å². The number of hydrogen-bond acceptors (Lipinski definition) is 3. The fraction of sp³-hybridized carbons (Fsp3) is 0.222. The van der Waals surface area contributed by atoms with Gasteiger partial charge in [0, 0.05) is 18.0 Å². The molecule has 33 heavy (non-hydrogen) atoms. The first-order valence-electron chi connectivity index (χ1n) is 11.1. The molecule has 4 rings (SSSR count). The highest BCUT2D eigenvalue weighted by Gasteiger charge is 2.26. The zero-order chi connectivity index (χ0) is 23.2. The Labute approximate surface area is 193 Å². The molecule has 2 atom stereocenters. The first-order chi connectivity index (χ1) is 16.0. The molecule has 0 saturated carbocycles. The molecule has 6 nitrogen and oxygen atoms in total. The molecule has 3 amide bonds. The molecule has 1 aliphatic rings. The van der Waals surface area contributed by atoms with Crippen LogP contribution in [-0.4, -0.2) is 17.7 Å². The molecule has 1 aliphatic heterocycles. The standard InChI is InChI=1S/C27H27N3O3/c1-18(19-9-3-2-4-10-19)28-27(33)22-12-6-8-14-24(22)29-25(31)16-15-21-17-20-11-5-7-13-23(20)30-26(21)32/h2-14,18,21H,15-17H2,1H3,(H,28,33)(H,29,31)(H,30,32)/t18-,21-/m0/s1. The summed E-state index contributed by atoms with van der Waals surface area (Å²) in [6.07, 6.45) is 1.24. The van der Waals surface area contributed by atoms with Crippen LogP contribution in [0.15, 0.2) is 78.9 Å². The van der Waals surface area contributed by atoms with Crippen LogP contribution in [0.4, 0.5) is 11.4 Å². The van der Waals surface area contributed by atoms with E-state index in [1.165, 1.54) is 0 Å². The number of para-hydroxylation sites is 2. The minimum atomic E-state index is -0.259. The Morgan fingerprint density at radius 2 is 1.67 bits per heavy atom. The van der Waals surface area contributed by atoms with Crippen molar-refractivity contribution in [2.24, 2.45) is 5.92 Å². The predicted octanol–water partition coefficient (Wildman–Crippen LogP) is 4.71. The van der Waals surface area contributed by atoms with Gasteiger partial charge in [0.2, 0.25) is 11.8 Å². The van der Waals surface area contributed by atoms with Gasteiger partial charge in [-0.05, 0) is 49.1 Å². The third-order valence-electron chi connectivity index (χ3n) is 5.93. The van der Waals surface area contributed by atoms with Gasteiger partial charge in [-0.3, -0.25) is 14.4 Å². The third-order valence-corrected chi connectivity index (χ3v) is 5.93. The van der Waals surface area contributed by atoms with Crippen LogP contribution in [-0.2, 0) is 16.0 Å². The van der Waals surface area contributed by atoms with Crippen molar-refractivity contribution in [1.29, 1.82) is 0 Å². The highest BCUT2D eigenvalue weighted by atomic mass is 16.2. The number of anilines is 2. The molecule has 0 radical (unpaired) electrons. The molecule has 6 heteroatoms. The molecule has 0 unspecified atom stereocenters. The van der Waals surface area contributed by atoms with Crippen LogP contribution in [0.1, 0.15) is 47.3 Å². The van der Waals surface area contributed by atoms with Crippen molar-refractivity contribution in [1.82, 2.24) is 5.32 Å². The molecular weight excluding hydrogens is 414 g/mol. The lowest BCUT2D eigenvalue weighted by Crippen LogP contribution is -2.31. The predicted molar refractivity (Wildman–Crippen MR) is 129 cm³/mol.